The van der Waals surface area contributed by atoms with Gasteiger partial charge in [0, 0.05) is 29.1 Å². The summed E-state index contributed by atoms with van der Waals surface area (Å²) in [7, 11) is 0. The Kier molecular flexibility index (Phi) is 3.62. The summed E-state index contributed by atoms with van der Waals surface area (Å²) in [6.07, 6.45) is 4.73. The number of allylic oxidation sites excluding steroid dienone is 1. The summed E-state index contributed by atoms with van der Waals surface area (Å²) in [5.74, 6) is 0. The van der Waals surface area contributed by atoms with Crippen LogP contribution in [0.4, 0.5) is 0 Å². The summed E-state index contributed by atoms with van der Waals surface area (Å²) in [5.41, 5.74) is -0.465. The Labute approximate surface area is 112 Å². The van der Waals surface area contributed by atoms with Crippen molar-refractivity contribution in [2.45, 2.75) is 6.54 Å². The maximum absolute atomic E-state index is 11.9. The lowest BCUT2D eigenvalue weighted by molar-refractivity contribution is 0.733. The first-order valence-electron chi connectivity index (χ1n) is 5.32. The van der Waals surface area contributed by atoms with Gasteiger partial charge in [-0.25, -0.2) is 0 Å². The van der Waals surface area contributed by atoms with Crippen LogP contribution in [0.5, 0.6) is 0 Å². The molecule has 0 aliphatic rings. The highest BCUT2D eigenvalue weighted by atomic mass is 79.9. The molecule has 0 saturated carbocycles. The highest BCUT2D eigenvalue weighted by molar-refractivity contribution is 9.10. The van der Waals surface area contributed by atoms with Crippen molar-refractivity contribution in [1.29, 1.82) is 0 Å². The molecule has 0 aliphatic carbocycles. The number of rotatable bonds is 3. The van der Waals surface area contributed by atoms with Crippen molar-refractivity contribution in [2.24, 2.45) is 0 Å². The molecule has 0 bridgehead atoms. The number of nitrogens with zero attached hydrogens (tertiary/aromatic N) is 2. The Balaban J connectivity index is 2.57. The highest BCUT2D eigenvalue weighted by Crippen LogP contribution is 2.12. The average molecular weight is 307 g/mol. The summed E-state index contributed by atoms with van der Waals surface area (Å²) in [6, 6.07) is 7.17. The average Bonchev–Trinajstić information content (AvgIpc) is 2.37. The van der Waals surface area contributed by atoms with Gasteiger partial charge >= 0.3 is 11.1 Å². The summed E-state index contributed by atoms with van der Waals surface area (Å²) in [4.78, 5) is 23.7. The molecule has 2 aromatic rings. The van der Waals surface area contributed by atoms with E-state index < -0.39 is 11.1 Å². The van der Waals surface area contributed by atoms with E-state index in [0.29, 0.717) is 12.2 Å². The second kappa shape index (κ2) is 5.18. The monoisotopic (exact) mass is 306 g/mol. The SMILES string of the molecule is C=CCn1ccn(-c2ccc(Br)cc2)c(=O)c1=O. The van der Waals surface area contributed by atoms with E-state index >= 15 is 0 Å². The number of halogens is 1. The number of hydrogen-bond acceptors (Lipinski definition) is 2. The van der Waals surface area contributed by atoms with Gasteiger partial charge in [0.2, 0.25) is 0 Å². The van der Waals surface area contributed by atoms with E-state index in [2.05, 4.69) is 22.5 Å². The lowest BCUT2D eigenvalue weighted by Gasteiger charge is -2.07. The van der Waals surface area contributed by atoms with Crippen molar-refractivity contribution in [1.82, 2.24) is 9.13 Å². The van der Waals surface area contributed by atoms with Crippen LogP contribution in [-0.2, 0) is 6.54 Å². The molecular weight excluding hydrogens is 296 g/mol. The molecular formula is C13H11BrN2O2. The predicted molar refractivity (Wildman–Crippen MR) is 74.2 cm³/mol. The molecule has 4 nitrogen and oxygen atoms in total. The van der Waals surface area contributed by atoms with Crippen molar-refractivity contribution in [3.63, 3.8) is 0 Å². The minimum atomic E-state index is -0.568. The van der Waals surface area contributed by atoms with E-state index in [4.69, 9.17) is 0 Å². The lowest BCUT2D eigenvalue weighted by atomic mass is 10.3. The fourth-order valence-electron chi connectivity index (χ4n) is 1.60. The topological polar surface area (TPSA) is 44.0 Å². The second-order valence-corrected chi connectivity index (χ2v) is 4.61. The van der Waals surface area contributed by atoms with Crippen LogP contribution in [0.2, 0.25) is 0 Å². The van der Waals surface area contributed by atoms with E-state index in [1.807, 2.05) is 12.1 Å². The first-order chi connectivity index (χ1) is 8.63. The van der Waals surface area contributed by atoms with Crippen molar-refractivity contribution >= 4 is 15.9 Å². The molecule has 18 heavy (non-hydrogen) atoms. The smallest absolute Gasteiger partial charge is 0.306 e. The van der Waals surface area contributed by atoms with Gasteiger partial charge in [0.05, 0.1) is 0 Å². The van der Waals surface area contributed by atoms with E-state index in [0.717, 1.165) is 4.47 Å². The maximum Gasteiger partial charge on any atom is 0.320 e. The zero-order valence-electron chi connectivity index (χ0n) is 9.54. The van der Waals surface area contributed by atoms with Gasteiger partial charge < -0.3 is 4.57 Å². The van der Waals surface area contributed by atoms with E-state index in [1.165, 1.54) is 9.13 Å². The van der Waals surface area contributed by atoms with Gasteiger partial charge in [-0.15, -0.1) is 6.58 Å². The molecule has 92 valence electrons. The van der Waals surface area contributed by atoms with E-state index in [9.17, 15) is 9.59 Å². The van der Waals surface area contributed by atoms with E-state index in [1.54, 1.807) is 30.6 Å². The summed E-state index contributed by atoms with van der Waals surface area (Å²) in [6.45, 7) is 3.87. The lowest BCUT2D eigenvalue weighted by Crippen LogP contribution is -2.39. The molecule has 5 heteroatoms. The van der Waals surface area contributed by atoms with Crippen LogP contribution in [0.3, 0.4) is 0 Å². The van der Waals surface area contributed by atoms with Gasteiger partial charge in [0.25, 0.3) is 0 Å². The van der Waals surface area contributed by atoms with Crippen LogP contribution in [0.25, 0.3) is 5.69 Å². The van der Waals surface area contributed by atoms with Crippen LogP contribution in [0, 0.1) is 0 Å². The molecule has 0 amide bonds. The van der Waals surface area contributed by atoms with Crippen LogP contribution in [0.15, 0.2) is 63.4 Å². The number of benzene rings is 1. The normalized spacial score (nSPS) is 10.3. The summed E-state index contributed by atoms with van der Waals surface area (Å²) >= 11 is 3.32. The molecule has 0 saturated heterocycles. The Bertz CT molecular complexity index is 683. The first-order valence-corrected chi connectivity index (χ1v) is 6.11. The molecule has 2 rings (SSSR count). The Hall–Kier alpha value is -1.88. The zero-order valence-corrected chi connectivity index (χ0v) is 11.1. The quantitative estimate of drug-likeness (QED) is 0.642. The largest absolute Gasteiger partial charge is 0.320 e. The van der Waals surface area contributed by atoms with Gasteiger partial charge in [-0.1, -0.05) is 22.0 Å². The number of hydrogen-bond donors (Lipinski definition) is 0. The number of aromatic nitrogens is 2. The fraction of sp³-hybridized carbons (Fsp3) is 0.0769. The molecule has 0 spiro atoms. The predicted octanol–water partition coefficient (Wildman–Crippen LogP) is 1.95. The molecule has 0 atom stereocenters. The third kappa shape index (κ3) is 2.36. The molecule has 1 aromatic carbocycles. The molecule has 1 heterocycles. The Morgan fingerprint density at radius 1 is 1.11 bits per heavy atom. The third-order valence-electron chi connectivity index (χ3n) is 2.49. The maximum atomic E-state index is 11.9. The van der Waals surface area contributed by atoms with Gasteiger partial charge in [-0.3, -0.25) is 14.2 Å². The van der Waals surface area contributed by atoms with E-state index in [-0.39, 0.29) is 0 Å². The minimum absolute atomic E-state index is 0.329. The van der Waals surface area contributed by atoms with Gasteiger partial charge in [0.15, 0.2) is 0 Å². The molecule has 0 N–H and O–H groups in total. The fourth-order valence-corrected chi connectivity index (χ4v) is 1.86. The van der Waals surface area contributed by atoms with Crippen LogP contribution < -0.4 is 11.1 Å². The molecule has 1 aromatic heterocycles. The van der Waals surface area contributed by atoms with Gasteiger partial charge in [-0.2, -0.15) is 0 Å². The molecule has 0 aliphatic heterocycles. The Morgan fingerprint density at radius 3 is 2.39 bits per heavy atom. The molecule has 0 fully saturated rings. The zero-order chi connectivity index (χ0) is 13.1. The van der Waals surface area contributed by atoms with Crippen LogP contribution >= 0.6 is 15.9 Å². The van der Waals surface area contributed by atoms with Crippen molar-refractivity contribution in [2.75, 3.05) is 0 Å². The minimum Gasteiger partial charge on any atom is -0.306 e. The van der Waals surface area contributed by atoms with Crippen LogP contribution in [-0.4, -0.2) is 9.13 Å². The van der Waals surface area contributed by atoms with Crippen molar-refractivity contribution in [3.05, 3.63) is 74.5 Å². The van der Waals surface area contributed by atoms with Gasteiger partial charge in [-0.05, 0) is 24.3 Å². The second-order valence-electron chi connectivity index (χ2n) is 3.70. The molecule has 0 unspecified atom stereocenters. The standard InChI is InChI=1S/C13H11BrN2O2/c1-2-7-15-8-9-16(13(18)12(15)17)11-5-3-10(14)4-6-11/h2-6,8-9H,1,7H2. The Morgan fingerprint density at radius 2 is 1.78 bits per heavy atom. The van der Waals surface area contributed by atoms with Crippen molar-refractivity contribution in [3.8, 4) is 5.69 Å². The highest BCUT2D eigenvalue weighted by Gasteiger charge is 2.05. The van der Waals surface area contributed by atoms with Crippen molar-refractivity contribution < 1.29 is 0 Å². The van der Waals surface area contributed by atoms with Gasteiger partial charge in [0.1, 0.15) is 0 Å². The summed E-state index contributed by atoms with van der Waals surface area (Å²) in [5, 5.41) is 0. The summed E-state index contributed by atoms with van der Waals surface area (Å²) < 4.78 is 3.57. The van der Waals surface area contributed by atoms with Crippen LogP contribution in [0.1, 0.15) is 0 Å². The third-order valence-corrected chi connectivity index (χ3v) is 3.02. The molecule has 0 radical (unpaired) electrons. The first kappa shape index (κ1) is 12.6.